The molecule has 3 heteroatoms. The van der Waals surface area contributed by atoms with E-state index in [2.05, 4.69) is 6.58 Å². The molecule has 4 atom stereocenters. The Hall–Kier alpha value is -0.380. The van der Waals surface area contributed by atoms with E-state index in [-0.39, 0.29) is 24.7 Å². The third-order valence-electron chi connectivity index (χ3n) is 2.54. The maximum atomic E-state index is 9.56. The van der Waals surface area contributed by atoms with Crippen LogP contribution in [0.25, 0.3) is 0 Å². The van der Waals surface area contributed by atoms with Crippen LogP contribution in [-0.4, -0.2) is 35.1 Å². The van der Waals surface area contributed by atoms with Crippen molar-refractivity contribution in [2.45, 2.75) is 32.2 Å². The molecule has 0 aromatic heterocycles. The van der Waals surface area contributed by atoms with Crippen LogP contribution >= 0.6 is 0 Å². The van der Waals surface area contributed by atoms with Gasteiger partial charge in [0, 0.05) is 5.92 Å². The molecule has 1 rings (SSSR count). The van der Waals surface area contributed by atoms with Gasteiger partial charge in [-0.2, -0.15) is 0 Å². The Bertz CT molecular complexity index is 175. The van der Waals surface area contributed by atoms with E-state index in [4.69, 9.17) is 9.84 Å². The van der Waals surface area contributed by atoms with E-state index in [1.54, 1.807) is 6.92 Å². The minimum absolute atomic E-state index is 0.00546. The molecule has 1 aliphatic heterocycles. The Morgan fingerprint density at radius 1 is 1.50 bits per heavy atom. The number of hydrogen-bond donors (Lipinski definition) is 2. The topological polar surface area (TPSA) is 49.7 Å². The van der Waals surface area contributed by atoms with Gasteiger partial charge in [0.15, 0.2) is 0 Å². The maximum absolute atomic E-state index is 9.56. The molecule has 0 aromatic carbocycles. The summed E-state index contributed by atoms with van der Waals surface area (Å²) < 4.78 is 5.33. The van der Waals surface area contributed by atoms with Gasteiger partial charge in [-0.1, -0.05) is 13.5 Å². The fraction of sp³-hybridized carbons (Fsp3) is 0.778. The van der Waals surface area contributed by atoms with Crippen LogP contribution in [0.1, 0.15) is 13.8 Å². The van der Waals surface area contributed by atoms with Gasteiger partial charge in [-0.15, -0.1) is 0 Å². The van der Waals surface area contributed by atoms with Crippen molar-refractivity contribution in [1.29, 1.82) is 0 Å². The predicted octanol–water partition coefficient (Wildman–Crippen LogP) is 0.319. The number of hydrogen-bond acceptors (Lipinski definition) is 3. The molecule has 0 saturated carbocycles. The van der Waals surface area contributed by atoms with Crippen molar-refractivity contribution in [2.24, 2.45) is 5.92 Å². The normalized spacial score (nSPS) is 43.2. The number of aliphatic hydroxyl groups is 2. The van der Waals surface area contributed by atoms with Crippen molar-refractivity contribution in [1.82, 2.24) is 0 Å². The fourth-order valence-electron chi connectivity index (χ4n) is 1.51. The summed E-state index contributed by atoms with van der Waals surface area (Å²) in [5.74, 6) is 0.00546. The van der Waals surface area contributed by atoms with Gasteiger partial charge >= 0.3 is 0 Å². The largest absolute Gasteiger partial charge is 0.393 e. The Morgan fingerprint density at radius 2 is 2.08 bits per heavy atom. The lowest BCUT2D eigenvalue weighted by Gasteiger charge is -2.37. The second kappa shape index (κ2) is 3.56. The van der Waals surface area contributed by atoms with Crippen LogP contribution in [-0.2, 0) is 4.74 Å². The highest BCUT2D eigenvalue weighted by Gasteiger charge is 2.34. The Morgan fingerprint density at radius 3 is 2.58 bits per heavy atom. The van der Waals surface area contributed by atoms with Crippen molar-refractivity contribution in [2.75, 3.05) is 6.61 Å². The summed E-state index contributed by atoms with van der Waals surface area (Å²) in [4.78, 5) is 0. The molecule has 70 valence electrons. The molecule has 1 aliphatic rings. The second-order valence-corrected chi connectivity index (χ2v) is 3.37. The molecule has 0 amide bonds. The van der Waals surface area contributed by atoms with Crippen molar-refractivity contribution >= 4 is 0 Å². The van der Waals surface area contributed by atoms with E-state index in [1.807, 2.05) is 6.92 Å². The Balaban J connectivity index is 2.70. The van der Waals surface area contributed by atoms with E-state index in [0.717, 1.165) is 5.57 Å². The summed E-state index contributed by atoms with van der Waals surface area (Å²) in [7, 11) is 0. The zero-order chi connectivity index (χ0) is 9.30. The van der Waals surface area contributed by atoms with Crippen molar-refractivity contribution in [3.63, 3.8) is 0 Å². The minimum Gasteiger partial charge on any atom is -0.393 e. The zero-order valence-electron chi connectivity index (χ0n) is 7.53. The van der Waals surface area contributed by atoms with Gasteiger partial charge in [0.2, 0.25) is 0 Å². The zero-order valence-corrected chi connectivity index (χ0v) is 7.53. The smallest absolute Gasteiger partial charge is 0.102 e. The lowest BCUT2D eigenvalue weighted by Crippen LogP contribution is -2.45. The minimum atomic E-state index is -0.500. The maximum Gasteiger partial charge on any atom is 0.102 e. The highest BCUT2D eigenvalue weighted by atomic mass is 16.5. The highest BCUT2D eigenvalue weighted by Crippen LogP contribution is 2.28. The lowest BCUT2D eigenvalue weighted by molar-refractivity contribution is -0.113. The third-order valence-corrected chi connectivity index (χ3v) is 2.54. The molecule has 2 N–H and O–H groups in total. The molecule has 0 radical (unpaired) electrons. The van der Waals surface area contributed by atoms with E-state index < -0.39 is 6.10 Å². The van der Waals surface area contributed by atoms with Gasteiger partial charge in [-0.05, 0) is 12.5 Å². The van der Waals surface area contributed by atoms with Gasteiger partial charge in [0.05, 0.1) is 18.8 Å². The van der Waals surface area contributed by atoms with Crippen molar-refractivity contribution in [3.8, 4) is 0 Å². The van der Waals surface area contributed by atoms with Gasteiger partial charge in [-0.3, -0.25) is 0 Å². The number of rotatable bonds is 1. The molecule has 3 unspecified atom stereocenters. The molecule has 12 heavy (non-hydrogen) atoms. The van der Waals surface area contributed by atoms with Gasteiger partial charge in [0.1, 0.15) is 6.10 Å². The lowest BCUT2D eigenvalue weighted by atomic mass is 9.87. The molecule has 0 aromatic rings. The van der Waals surface area contributed by atoms with Crippen LogP contribution in [0.3, 0.4) is 0 Å². The molecular formula is C9H16O3. The van der Waals surface area contributed by atoms with Crippen LogP contribution in [0.15, 0.2) is 12.2 Å². The van der Waals surface area contributed by atoms with Crippen molar-refractivity contribution < 1.29 is 14.9 Å². The average Bonchev–Trinajstić information content (AvgIpc) is 2.08. The first kappa shape index (κ1) is 9.71. The first-order valence-corrected chi connectivity index (χ1v) is 4.21. The first-order chi connectivity index (χ1) is 5.57. The quantitative estimate of drug-likeness (QED) is 0.560. The molecule has 1 saturated heterocycles. The molecule has 0 spiro atoms. The van der Waals surface area contributed by atoms with E-state index in [9.17, 15) is 5.11 Å². The molecule has 3 nitrogen and oxygen atoms in total. The van der Waals surface area contributed by atoms with Gasteiger partial charge in [-0.25, -0.2) is 0 Å². The van der Waals surface area contributed by atoms with E-state index in [0.29, 0.717) is 0 Å². The SMILES string of the molecule is C=C1C(CO)OC(C)[C@H](O)C1C. The monoisotopic (exact) mass is 172 g/mol. The molecular weight excluding hydrogens is 156 g/mol. The molecule has 1 heterocycles. The summed E-state index contributed by atoms with van der Waals surface area (Å²) in [6.45, 7) is 7.43. The van der Waals surface area contributed by atoms with Crippen LogP contribution in [0.2, 0.25) is 0 Å². The van der Waals surface area contributed by atoms with Gasteiger partial charge < -0.3 is 14.9 Å². The summed E-state index contributed by atoms with van der Waals surface area (Å²) in [6, 6.07) is 0. The van der Waals surface area contributed by atoms with Crippen LogP contribution in [0.5, 0.6) is 0 Å². The summed E-state index contributed by atoms with van der Waals surface area (Å²) >= 11 is 0. The van der Waals surface area contributed by atoms with E-state index in [1.165, 1.54) is 0 Å². The summed E-state index contributed by atoms with van der Waals surface area (Å²) in [5, 5.41) is 18.5. The molecule has 0 aliphatic carbocycles. The van der Waals surface area contributed by atoms with E-state index >= 15 is 0 Å². The van der Waals surface area contributed by atoms with Crippen LogP contribution < -0.4 is 0 Å². The Labute approximate surface area is 72.7 Å². The molecule has 1 fully saturated rings. The van der Waals surface area contributed by atoms with Crippen LogP contribution in [0, 0.1) is 5.92 Å². The summed E-state index contributed by atoms with van der Waals surface area (Å²) in [5.41, 5.74) is 0.781. The molecule has 0 bridgehead atoms. The Kier molecular flexibility index (Phi) is 2.88. The summed E-state index contributed by atoms with van der Waals surface area (Å²) in [6.07, 6.45) is -1.03. The third kappa shape index (κ3) is 1.53. The number of aliphatic hydroxyl groups excluding tert-OH is 2. The first-order valence-electron chi connectivity index (χ1n) is 4.21. The predicted molar refractivity (Wildman–Crippen MR) is 45.7 cm³/mol. The van der Waals surface area contributed by atoms with Crippen molar-refractivity contribution in [3.05, 3.63) is 12.2 Å². The number of ether oxygens (including phenoxy) is 1. The average molecular weight is 172 g/mol. The van der Waals surface area contributed by atoms with Gasteiger partial charge in [0.25, 0.3) is 0 Å². The standard InChI is InChI=1S/C9H16O3/c1-5-6(2)9(11)7(3)12-8(5)4-10/h6-11H,1,4H2,2-3H3/t6?,7?,8?,9-/m1/s1. The highest BCUT2D eigenvalue weighted by molar-refractivity contribution is 5.12. The fourth-order valence-corrected chi connectivity index (χ4v) is 1.51. The second-order valence-electron chi connectivity index (χ2n) is 3.37. The van der Waals surface area contributed by atoms with Crippen LogP contribution in [0.4, 0.5) is 0 Å².